The van der Waals surface area contributed by atoms with Gasteiger partial charge in [0, 0.05) is 61.7 Å². The second kappa shape index (κ2) is 6.00. The zero-order valence-corrected chi connectivity index (χ0v) is 14.9. The Bertz CT molecular complexity index is 841. The summed E-state index contributed by atoms with van der Waals surface area (Å²) in [6.07, 6.45) is 8.07. The van der Waals surface area contributed by atoms with Crippen LogP contribution in [0.1, 0.15) is 34.0 Å². The molecule has 134 valence electrons. The van der Waals surface area contributed by atoms with E-state index in [1.165, 1.54) is 17.7 Å². The number of nitrogens with zero attached hydrogens (tertiary/aromatic N) is 6. The molecule has 7 heteroatoms. The van der Waals surface area contributed by atoms with E-state index in [-0.39, 0.29) is 5.91 Å². The first kappa shape index (κ1) is 15.7. The van der Waals surface area contributed by atoms with Gasteiger partial charge in [-0.25, -0.2) is 15.0 Å². The molecule has 26 heavy (non-hydrogen) atoms. The van der Waals surface area contributed by atoms with Crippen LogP contribution in [0.2, 0.25) is 0 Å². The molecule has 2 unspecified atom stereocenters. The molecule has 2 aromatic heterocycles. The number of anilines is 1. The summed E-state index contributed by atoms with van der Waals surface area (Å²) < 4.78 is 0. The zero-order chi connectivity index (χ0) is 17.7. The van der Waals surface area contributed by atoms with Crippen LogP contribution in [0.4, 0.5) is 5.82 Å². The number of fused-ring (bicyclic) bond motifs is 2. The predicted molar refractivity (Wildman–Crippen MR) is 95.9 cm³/mol. The second-order valence-electron chi connectivity index (χ2n) is 7.60. The minimum Gasteiger partial charge on any atom is -0.356 e. The van der Waals surface area contributed by atoms with Crippen LogP contribution in [-0.2, 0) is 12.8 Å². The molecule has 0 spiro atoms. The van der Waals surface area contributed by atoms with E-state index in [4.69, 9.17) is 4.98 Å². The number of carbonyl (C=O) groups is 1. The van der Waals surface area contributed by atoms with Crippen LogP contribution in [-0.4, -0.2) is 56.9 Å². The van der Waals surface area contributed by atoms with E-state index >= 15 is 0 Å². The molecule has 1 aliphatic carbocycles. The second-order valence-corrected chi connectivity index (χ2v) is 7.60. The topological polar surface area (TPSA) is 75.1 Å². The van der Waals surface area contributed by atoms with Crippen molar-refractivity contribution in [3.05, 3.63) is 41.4 Å². The van der Waals surface area contributed by atoms with Gasteiger partial charge in [-0.05, 0) is 26.2 Å². The zero-order valence-electron chi connectivity index (χ0n) is 14.9. The van der Waals surface area contributed by atoms with Gasteiger partial charge in [-0.3, -0.25) is 9.78 Å². The first-order valence-corrected chi connectivity index (χ1v) is 9.35. The quantitative estimate of drug-likeness (QED) is 0.812. The van der Waals surface area contributed by atoms with Crippen LogP contribution < -0.4 is 4.90 Å². The van der Waals surface area contributed by atoms with E-state index in [0.29, 0.717) is 17.5 Å². The van der Waals surface area contributed by atoms with Crippen molar-refractivity contribution in [1.29, 1.82) is 0 Å². The molecule has 0 saturated carbocycles. The number of rotatable bonds is 2. The highest BCUT2D eigenvalue weighted by Gasteiger charge is 2.43. The van der Waals surface area contributed by atoms with Crippen molar-refractivity contribution in [2.45, 2.75) is 26.2 Å². The first-order valence-electron chi connectivity index (χ1n) is 9.35. The lowest BCUT2D eigenvalue weighted by Gasteiger charge is -2.24. The van der Waals surface area contributed by atoms with Crippen molar-refractivity contribution in [2.75, 3.05) is 31.1 Å². The van der Waals surface area contributed by atoms with Gasteiger partial charge < -0.3 is 9.80 Å². The molecule has 2 atom stereocenters. The average molecular weight is 350 g/mol. The summed E-state index contributed by atoms with van der Waals surface area (Å²) in [6, 6.07) is 0. The maximum absolute atomic E-state index is 12.6. The molecule has 3 aliphatic rings. The van der Waals surface area contributed by atoms with Crippen molar-refractivity contribution in [2.24, 2.45) is 11.8 Å². The third-order valence-corrected chi connectivity index (χ3v) is 5.88. The van der Waals surface area contributed by atoms with Crippen LogP contribution in [0, 0.1) is 18.8 Å². The number of likely N-dealkylation sites (tertiary alicyclic amines) is 1. The highest BCUT2D eigenvalue weighted by molar-refractivity contribution is 5.92. The number of amides is 1. The normalized spacial score (nSPS) is 24.0. The van der Waals surface area contributed by atoms with Crippen molar-refractivity contribution < 1.29 is 4.79 Å². The molecule has 4 heterocycles. The maximum Gasteiger partial charge on any atom is 0.274 e. The van der Waals surface area contributed by atoms with Crippen molar-refractivity contribution in [1.82, 2.24) is 24.8 Å². The van der Waals surface area contributed by atoms with Crippen LogP contribution in [0.25, 0.3) is 0 Å². The van der Waals surface area contributed by atoms with Gasteiger partial charge in [0.15, 0.2) is 0 Å². The Labute approximate surface area is 152 Å². The van der Waals surface area contributed by atoms with Crippen LogP contribution in [0.5, 0.6) is 0 Å². The highest BCUT2D eigenvalue weighted by Crippen LogP contribution is 2.37. The lowest BCUT2D eigenvalue weighted by molar-refractivity contribution is 0.0776. The summed E-state index contributed by atoms with van der Waals surface area (Å²) in [5, 5.41) is 0. The Balaban J connectivity index is 1.32. The fraction of sp³-hybridized carbons (Fsp3) is 0.526. The van der Waals surface area contributed by atoms with Crippen molar-refractivity contribution in [3.8, 4) is 0 Å². The first-order chi connectivity index (χ1) is 12.7. The molecule has 0 aromatic carbocycles. The van der Waals surface area contributed by atoms with Gasteiger partial charge in [-0.2, -0.15) is 0 Å². The molecule has 1 amide bonds. The molecular formula is C19H22N6O. The van der Waals surface area contributed by atoms with Gasteiger partial charge >= 0.3 is 0 Å². The monoisotopic (exact) mass is 350 g/mol. The lowest BCUT2D eigenvalue weighted by Crippen LogP contribution is -2.34. The molecule has 2 aromatic rings. The maximum atomic E-state index is 12.6. The summed E-state index contributed by atoms with van der Waals surface area (Å²) in [4.78, 5) is 34.5. The van der Waals surface area contributed by atoms with Crippen molar-refractivity contribution in [3.63, 3.8) is 0 Å². The third kappa shape index (κ3) is 2.53. The molecule has 5 rings (SSSR count). The van der Waals surface area contributed by atoms with E-state index in [1.54, 1.807) is 18.6 Å². The van der Waals surface area contributed by atoms with E-state index in [1.807, 2.05) is 11.8 Å². The molecule has 2 fully saturated rings. The summed E-state index contributed by atoms with van der Waals surface area (Å²) in [6.45, 7) is 5.52. The summed E-state index contributed by atoms with van der Waals surface area (Å²) in [5.74, 6) is 3.02. The Morgan fingerprint density at radius 2 is 1.88 bits per heavy atom. The Morgan fingerprint density at radius 1 is 1.08 bits per heavy atom. The minimum atomic E-state index is -0.00202. The number of aromatic nitrogens is 4. The number of hydrogen-bond donors (Lipinski definition) is 0. The number of aryl methyl sites for hydroxylation is 2. The van der Waals surface area contributed by atoms with Gasteiger partial charge in [0.25, 0.3) is 5.91 Å². The Morgan fingerprint density at radius 3 is 2.62 bits per heavy atom. The van der Waals surface area contributed by atoms with Gasteiger partial charge in [0.05, 0.1) is 6.20 Å². The molecule has 2 aliphatic heterocycles. The summed E-state index contributed by atoms with van der Waals surface area (Å²) in [5.41, 5.74) is 3.03. The number of hydrogen-bond acceptors (Lipinski definition) is 6. The standard InChI is InChI=1S/C19H22N6O/c1-12-22-16-4-2-3-15(16)18(23-12)24-8-13-10-25(11-14(13)9-24)19(26)17-7-20-5-6-21-17/h5-7,13-14H,2-4,8-11H2,1H3. The fourth-order valence-corrected chi connectivity index (χ4v) is 4.70. The van der Waals surface area contributed by atoms with Crippen LogP contribution >= 0.6 is 0 Å². The molecule has 0 N–H and O–H groups in total. The largest absolute Gasteiger partial charge is 0.356 e. The molecule has 0 radical (unpaired) electrons. The molecule has 2 saturated heterocycles. The van der Waals surface area contributed by atoms with Crippen LogP contribution in [0.3, 0.4) is 0 Å². The third-order valence-electron chi connectivity index (χ3n) is 5.88. The van der Waals surface area contributed by atoms with E-state index in [2.05, 4.69) is 19.9 Å². The van der Waals surface area contributed by atoms with Crippen molar-refractivity contribution >= 4 is 11.7 Å². The molecule has 7 nitrogen and oxygen atoms in total. The Hall–Kier alpha value is -2.57. The highest BCUT2D eigenvalue weighted by atomic mass is 16.2. The summed E-state index contributed by atoms with van der Waals surface area (Å²) in [7, 11) is 0. The SMILES string of the molecule is Cc1nc2c(c(N3CC4CN(C(=O)c5cnccn5)CC4C3)n1)CCC2. The molecule has 0 bridgehead atoms. The Kier molecular flexibility index (Phi) is 3.62. The van der Waals surface area contributed by atoms with Gasteiger partial charge in [-0.15, -0.1) is 0 Å². The van der Waals surface area contributed by atoms with Gasteiger partial charge in [0.1, 0.15) is 17.3 Å². The smallest absolute Gasteiger partial charge is 0.274 e. The van der Waals surface area contributed by atoms with E-state index < -0.39 is 0 Å². The fourth-order valence-electron chi connectivity index (χ4n) is 4.70. The summed E-state index contributed by atoms with van der Waals surface area (Å²) >= 11 is 0. The minimum absolute atomic E-state index is 0.00202. The predicted octanol–water partition coefficient (Wildman–Crippen LogP) is 1.27. The average Bonchev–Trinajstić information content (AvgIpc) is 3.35. The molecular weight excluding hydrogens is 328 g/mol. The van der Waals surface area contributed by atoms with Gasteiger partial charge in [0.2, 0.25) is 0 Å². The van der Waals surface area contributed by atoms with Crippen LogP contribution in [0.15, 0.2) is 18.6 Å². The van der Waals surface area contributed by atoms with E-state index in [0.717, 1.165) is 50.7 Å². The van der Waals surface area contributed by atoms with E-state index in [9.17, 15) is 4.79 Å². The lowest BCUT2D eigenvalue weighted by atomic mass is 10.0. The van der Waals surface area contributed by atoms with Gasteiger partial charge in [-0.1, -0.05) is 0 Å². The number of carbonyl (C=O) groups excluding carboxylic acids is 1.